The van der Waals surface area contributed by atoms with Crippen molar-refractivity contribution in [3.8, 4) is 5.69 Å². The third-order valence-electron chi connectivity index (χ3n) is 3.75. The molecule has 0 radical (unpaired) electrons. The van der Waals surface area contributed by atoms with Gasteiger partial charge in [-0.3, -0.25) is 4.79 Å². The highest BCUT2D eigenvalue weighted by molar-refractivity contribution is 8.00. The molecule has 0 saturated heterocycles. The number of anilines is 1. The minimum Gasteiger partial charge on any atom is -0.325 e. The van der Waals surface area contributed by atoms with Crippen molar-refractivity contribution in [2.24, 2.45) is 0 Å². The van der Waals surface area contributed by atoms with E-state index in [0.29, 0.717) is 31.9 Å². The fraction of sp³-hybridized carbons (Fsp3) is 0.0556. The van der Waals surface area contributed by atoms with Gasteiger partial charge < -0.3 is 5.32 Å². The van der Waals surface area contributed by atoms with Gasteiger partial charge in [0.2, 0.25) is 5.91 Å². The summed E-state index contributed by atoms with van der Waals surface area (Å²) in [6.07, 6.45) is 1.43. The third-order valence-corrected chi connectivity index (χ3v) is 5.47. The van der Waals surface area contributed by atoms with E-state index in [-0.39, 0.29) is 11.7 Å². The number of carbonyl (C=O) groups excluding carboxylic acids is 1. The van der Waals surface area contributed by atoms with Crippen LogP contribution in [-0.4, -0.2) is 36.6 Å². The summed E-state index contributed by atoms with van der Waals surface area (Å²) in [6, 6.07) is 14.5. The summed E-state index contributed by atoms with van der Waals surface area (Å²) in [5.41, 5.74) is 2.53. The standard InChI is InChI=1S/C18H12Cl2N6OS/c19-13-7-6-11(8-14(13)20)23-15(27)9-28-18-16-17(21-10-22-18)26(25-24-16)12-4-2-1-3-5-12/h1-8,10H,9H2,(H,23,27). The molecular formula is C18H12Cl2N6OS. The summed E-state index contributed by atoms with van der Waals surface area (Å²) in [7, 11) is 0. The Labute approximate surface area is 174 Å². The second-order valence-electron chi connectivity index (χ2n) is 5.65. The molecule has 0 unspecified atom stereocenters. The fourth-order valence-corrected chi connectivity index (χ4v) is 3.51. The zero-order chi connectivity index (χ0) is 19.5. The number of hydrogen-bond donors (Lipinski definition) is 1. The number of nitrogens with one attached hydrogen (secondary N) is 1. The van der Waals surface area contributed by atoms with Crippen LogP contribution in [0.5, 0.6) is 0 Å². The zero-order valence-electron chi connectivity index (χ0n) is 14.2. The lowest BCUT2D eigenvalue weighted by atomic mass is 10.3. The van der Waals surface area contributed by atoms with E-state index in [4.69, 9.17) is 23.2 Å². The molecule has 2 heterocycles. The van der Waals surface area contributed by atoms with Crippen molar-refractivity contribution in [1.82, 2.24) is 25.0 Å². The van der Waals surface area contributed by atoms with Crippen LogP contribution in [-0.2, 0) is 4.79 Å². The fourth-order valence-electron chi connectivity index (χ4n) is 2.48. The van der Waals surface area contributed by atoms with E-state index >= 15 is 0 Å². The first-order valence-electron chi connectivity index (χ1n) is 8.11. The number of thioether (sulfide) groups is 1. The number of amides is 1. The van der Waals surface area contributed by atoms with E-state index in [1.54, 1.807) is 22.9 Å². The lowest BCUT2D eigenvalue weighted by molar-refractivity contribution is -0.113. The molecule has 1 amide bonds. The Bertz CT molecular complexity index is 1150. The average Bonchev–Trinajstić information content (AvgIpc) is 3.15. The smallest absolute Gasteiger partial charge is 0.234 e. The van der Waals surface area contributed by atoms with Crippen LogP contribution < -0.4 is 5.32 Å². The predicted molar refractivity (Wildman–Crippen MR) is 110 cm³/mol. The number of aromatic nitrogens is 5. The molecule has 4 aromatic rings. The average molecular weight is 431 g/mol. The van der Waals surface area contributed by atoms with Crippen LogP contribution in [0.25, 0.3) is 16.9 Å². The van der Waals surface area contributed by atoms with Crippen molar-refractivity contribution in [1.29, 1.82) is 0 Å². The summed E-state index contributed by atoms with van der Waals surface area (Å²) in [5, 5.41) is 12.5. The van der Waals surface area contributed by atoms with Crippen LogP contribution in [0, 0.1) is 0 Å². The molecule has 2 aromatic carbocycles. The van der Waals surface area contributed by atoms with Gasteiger partial charge in [-0.2, -0.15) is 4.68 Å². The number of halogens is 2. The maximum atomic E-state index is 12.3. The largest absolute Gasteiger partial charge is 0.325 e. The van der Waals surface area contributed by atoms with Gasteiger partial charge in [-0.15, -0.1) is 5.10 Å². The van der Waals surface area contributed by atoms with Gasteiger partial charge in [0.05, 0.1) is 21.5 Å². The number of fused-ring (bicyclic) bond motifs is 1. The second-order valence-corrected chi connectivity index (χ2v) is 7.43. The van der Waals surface area contributed by atoms with Gasteiger partial charge in [0, 0.05) is 5.69 Å². The summed E-state index contributed by atoms with van der Waals surface area (Å²) in [4.78, 5) is 20.8. The van der Waals surface area contributed by atoms with Gasteiger partial charge in [0.1, 0.15) is 11.4 Å². The molecule has 2 aromatic heterocycles. The van der Waals surface area contributed by atoms with Crippen LogP contribution in [0.1, 0.15) is 0 Å². The predicted octanol–water partition coefficient (Wildman–Crippen LogP) is 4.25. The van der Waals surface area contributed by atoms with Gasteiger partial charge in [0.25, 0.3) is 0 Å². The topological polar surface area (TPSA) is 85.6 Å². The summed E-state index contributed by atoms with van der Waals surface area (Å²) >= 11 is 13.1. The Morgan fingerprint density at radius 3 is 2.68 bits per heavy atom. The molecule has 140 valence electrons. The molecule has 0 aliphatic carbocycles. The molecule has 10 heteroatoms. The van der Waals surface area contributed by atoms with E-state index < -0.39 is 0 Å². The molecule has 0 aliphatic heterocycles. The molecule has 4 rings (SSSR count). The highest BCUT2D eigenvalue weighted by atomic mass is 35.5. The highest BCUT2D eigenvalue weighted by Gasteiger charge is 2.14. The van der Waals surface area contributed by atoms with Crippen molar-refractivity contribution >= 4 is 57.7 Å². The number of para-hydroxylation sites is 1. The maximum absolute atomic E-state index is 12.3. The van der Waals surface area contributed by atoms with Gasteiger partial charge in [-0.05, 0) is 30.3 Å². The van der Waals surface area contributed by atoms with Crippen molar-refractivity contribution in [2.75, 3.05) is 11.1 Å². The number of hydrogen-bond acceptors (Lipinski definition) is 6. The number of nitrogens with zero attached hydrogens (tertiary/aromatic N) is 5. The van der Waals surface area contributed by atoms with Crippen LogP contribution >= 0.6 is 35.0 Å². The van der Waals surface area contributed by atoms with E-state index in [0.717, 1.165) is 5.69 Å². The number of benzene rings is 2. The van der Waals surface area contributed by atoms with Crippen LogP contribution in [0.4, 0.5) is 5.69 Å². The minimum atomic E-state index is -0.203. The Kier molecular flexibility index (Phi) is 5.43. The highest BCUT2D eigenvalue weighted by Crippen LogP contribution is 2.26. The number of carbonyl (C=O) groups is 1. The van der Waals surface area contributed by atoms with E-state index in [2.05, 4.69) is 25.6 Å². The summed E-state index contributed by atoms with van der Waals surface area (Å²) in [5.74, 6) is -0.0597. The molecule has 0 saturated carbocycles. The molecule has 0 spiro atoms. The van der Waals surface area contributed by atoms with Crippen molar-refractivity contribution < 1.29 is 4.79 Å². The monoisotopic (exact) mass is 430 g/mol. The van der Waals surface area contributed by atoms with Gasteiger partial charge >= 0.3 is 0 Å². The molecular weight excluding hydrogens is 419 g/mol. The van der Waals surface area contributed by atoms with Crippen LogP contribution in [0.15, 0.2) is 59.9 Å². The maximum Gasteiger partial charge on any atom is 0.234 e. The van der Waals surface area contributed by atoms with Gasteiger partial charge in [0.15, 0.2) is 11.2 Å². The first-order chi connectivity index (χ1) is 13.6. The van der Waals surface area contributed by atoms with Crippen LogP contribution in [0.2, 0.25) is 10.0 Å². The SMILES string of the molecule is O=C(CSc1ncnc2c1nnn2-c1ccccc1)Nc1ccc(Cl)c(Cl)c1. The lowest BCUT2D eigenvalue weighted by Gasteiger charge is -2.06. The summed E-state index contributed by atoms with van der Waals surface area (Å²) < 4.78 is 1.64. The second kappa shape index (κ2) is 8.14. The Hall–Kier alpha value is -2.68. The molecule has 7 nitrogen and oxygen atoms in total. The molecule has 0 fully saturated rings. The normalized spacial score (nSPS) is 10.9. The molecule has 0 aliphatic rings. The number of rotatable bonds is 5. The Morgan fingerprint density at radius 1 is 1.07 bits per heavy atom. The minimum absolute atomic E-state index is 0.143. The van der Waals surface area contributed by atoms with Crippen LogP contribution in [0.3, 0.4) is 0 Å². The van der Waals surface area contributed by atoms with E-state index in [1.165, 1.54) is 18.1 Å². The quantitative estimate of drug-likeness (QED) is 0.376. The first kappa shape index (κ1) is 18.7. The molecule has 0 bridgehead atoms. The van der Waals surface area contributed by atoms with E-state index in [9.17, 15) is 4.79 Å². The van der Waals surface area contributed by atoms with Crippen molar-refractivity contribution in [2.45, 2.75) is 5.03 Å². The molecule has 0 atom stereocenters. The Balaban J connectivity index is 1.50. The van der Waals surface area contributed by atoms with Gasteiger partial charge in [-0.1, -0.05) is 58.4 Å². The third kappa shape index (κ3) is 3.94. The van der Waals surface area contributed by atoms with Crippen molar-refractivity contribution in [3.05, 3.63) is 64.9 Å². The summed E-state index contributed by atoms with van der Waals surface area (Å²) in [6.45, 7) is 0. The van der Waals surface area contributed by atoms with Gasteiger partial charge in [-0.25, -0.2) is 9.97 Å². The Morgan fingerprint density at radius 2 is 1.89 bits per heavy atom. The first-order valence-corrected chi connectivity index (χ1v) is 9.85. The zero-order valence-corrected chi connectivity index (χ0v) is 16.5. The molecule has 1 N–H and O–H groups in total. The molecule has 28 heavy (non-hydrogen) atoms. The van der Waals surface area contributed by atoms with Crippen molar-refractivity contribution in [3.63, 3.8) is 0 Å². The lowest BCUT2D eigenvalue weighted by Crippen LogP contribution is -2.14. The van der Waals surface area contributed by atoms with E-state index in [1.807, 2.05) is 30.3 Å².